The lowest BCUT2D eigenvalue weighted by atomic mass is 10.1. The minimum Gasteiger partial charge on any atom is -0.493 e. The first-order valence-corrected chi connectivity index (χ1v) is 10.6. The van der Waals surface area contributed by atoms with E-state index in [0.717, 1.165) is 16.7 Å². The number of aromatic amines is 1. The number of H-pyrrole nitrogens is 1. The molecular formula is C24H20N2O5S. The Morgan fingerprint density at radius 3 is 2.62 bits per heavy atom. The zero-order valence-electron chi connectivity index (χ0n) is 17.5. The number of carbonyl (C=O) groups is 1. The number of hydrogen-bond donors (Lipinski definition) is 1. The van der Waals surface area contributed by atoms with Gasteiger partial charge in [-0.15, -0.1) is 11.3 Å². The van der Waals surface area contributed by atoms with Gasteiger partial charge in [0.2, 0.25) is 0 Å². The monoisotopic (exact) mass is 448 g/mol. The van der Waals surface area contributed by atoms with E-state index in [1.165, 1.54) is 17.4 Å². The zero-order valence-corrected chi connectivity index (χ0v) is 18.3. The first kappa shape index (κ1) is 21.3. The molecule has 2 aromatic heterocycles. The molecule has 7 nitrogen and oxygen atoms in total. The summed E-state index contributed by atoms with van der Waals surface area (Å²) in [5, 5.41) is 2.44. The molecule has 0 amide bonds. The number of nitrogens with one attached hydrogen (secondary N) is 1. The molecule has 1 N–H and O–H groups in total. The second-order valence-corrected chi connectivity index (χ2v) is 7.62. The van der Waals surface area contributed by atoms with Gasteiger partial charge in [-0.1, -0.05) is 36.4 Å². The Morgan fingerprint density at radius 2 is 1.88 bits per heavy atom. The van der Waals surface area contributed by atoms with Crippen LogP contribution in [0.3, 0.4) is 0 Å². The summed E-state index contributed by atoms with van der Waals surface area (Å²) in [6, 6.07) is 14.9. The molecule has 0 spiro atoms. The Hall–Kier alpha value is -3.91. The number of aromatic nitrogens is 2. The van der Waals surface area contributed by atoms with E-state index in [9.17, 15) is 9.59 Å². The van der Waals surface area contributed by atoms with Gasteiger partial charge in [0.25, 0.3) is 5.56 Å². The van der Waals surface area contributed by atoms with Crippen LogP contribution in [0, 0.1) is 0 Å². The molecule has 0 atom stereocenters. The molecule has 0 aliphatic heterocycles. The predicted octanol–water partition coefficient (Wildman–Crippen LogP) is 4.43. The molecule has 2 heterocycles. The molecule has 162 valence electrons. The van der Waals surface area contributed by atoms with Gasteiger partial charge in [-0.3, -0.25) is 4.79 Å². The largest absolute Gasteiger partial charge is 0.493 e. The number of carbonyl (C=O) groups excluding carboxylic acids is 1. The third-order valence-electron chi connectivity index (χ3n) is 4.75. The van der Waals surface area contributed by atoms with Crippen LogP contribution in [0.4, 0.5) is 0 Å². The molecule has 0 bridgehead atoms. The number of benzene rings is 2. The maximum atomic E-state index is 12.7. The fourth-order valence-corrected chi connectivity index (χ4v) is 4.17. The molecule has 2 aromatic carbocycles. The average Bonchev–Trinajstić information content (AvgIpc) is 3.26. The maximum Gasteiger partial charge on any atom is 0.331 e. The summed E-state index contributed by atoms with van der Waals surface area (Å²) in [5.41, 5.74) is 2.27. The highest BCUT2D eigenvalue weighted by Crippen LogP contribution is 2.30. The van der Waals surface area contributed by atoms with Gasteiger partial charge >= 0.3 is 5.97 Å². The fourth-order valence-electron chi connectivity index (χ4n) is 3.20. The number of fused-ring (bicyclic) bond motifs is 1. The van der Waals surface area contributed by atoms with Crippen molar-refractivity contribution in [2.24, 2.45) is 0 Å². The van der Waals surface area contributed by atoms with E-state index in [0.29, 0.717) is 21.7 Å². The van der Waals surface area contributed by atoms with Gasteiger partial charge in [-0.2, -0.15) is 0 Å². The van der Waals surface area contributed by atoms with E-state index in [1.54, 1.807) is 38.5 Å². The summed E-state index contributed by atoms with van der Waals surface area (Å²) < 4.78 is 15.7. The van der Waals surface area contributed by atoms with Crippen molar-refractivity contribution in [3.8, 4) is 22.6 Å². The van der Waals surface area contributed by atoms with E-state index >= 15 is 0 Å². The Balaban J connectivity index is 1.46. The molecule has 4 rings (SSSR count). The van der Waals surface area contributed by atoms with Crippen molar-refractivity contribution in [3.05, 3.63) is 81.7 Å². The normalized spacial score (nSPS) is 11.1. The fraction of sp³-hybridized carbons (Fsp3) is 0.125. The first-order valence-electron chi connectivity index (χ1n) is 9.71. The molecule has 0 radical (unpaired) electrons. The standard InChI is InChI=1S/C24H20N2O5S/c1-29-18-10-8-15(12-19(18)30-2)9-11-21(27)31-13-20-25-23(28)22-17(14-32-24(22)26-20)16-6-4-3-5-7-16/h3-12,14H,13H2,1-2H3,(H,25,26,28)/b11-9+. The van der Waals surface area contributed by atoms with Crippen LogP contribution in [0.25, 0.3) is 27.4 Å². The number of hydrogen-bond acceptors (Lipinski definition) is 7. The minimum atomic E-state index is -0.557. The molecule has 0 fully saturated rings. The van der Waals surface area contributed by atoms with Crippen molar-refractivity contribution in [3.63, 3.8) is 0 Å². The molecule has 0 aliphatic carbocycles. The zero-order chi connectivity index (χ0) is 22.5. The Morgan fingerprint density at radius 1 is 1.09 bits per heavy atom. The number of thiophene rings is 1. The number of nitrogens with zero attached hydrogens (tertiary/aromatic N) is 1. The second kappa shape index (κ2) is 9.49. The maximum absolute atomic E-state index is 12.7. The molecule has 0 saturated heterocycles. The van der Waals surface area contributed by atoms with Gasteiger partial charge in [0.1, 0.15) is 17.3 Å². The van der Waals surface area contributed by atoms with Crippen molar-refractivity contribution in [1.82, 2.24) is 9.97 Å². The molecule has 8 heteroatoms. The lowest BCUT2D eigenvalue weighted by Crippen LogP contribution is -2.13. The van der Waals surface area contributed by atoms with Crippen LogP contribution in [-0.4, -0.2) is 30.2 Å². The Labute approximate surface area is 187 Å². The third-order valence-corrected chi connectivity index (χ3v) is 5.62. The van der Waals surface area contributed by atoms with E-state index in [1.807, 2.05) is 35.7 Å². The molecule has 4 aromatic rings. The van der Waals surface area contributed by atoms with Crippen molar-refractivity contribution >= 4 is 33.6 Å². The Bertz CT molecular complexity index is 1340. The van der Waals surface area contributed by atoms with Crippen LogP contribution >= 0.6 is 11.3 Å². The summed E-state index contributed by atoms with van der Waals surface area (Å²) in [6.07, 6.45) is 2.91. The van der Waals surface area contributed by atoms with Crippen molar-refractivity contribution in [2.75, 3.05) is 14.2 Å². The Kier molecular flexibility index (Phi) is 6.32. The van der Waals surface area contributed by atoms with Gasteiger partial charge in [-0.25, -0.2) is 9.78 Å². The molecular weight excluding hydrogens is 428 g/mol. The second-order valence-electron chi connectivity index (χ2n) is 6.76. The van der Waals surface area contributed by atoms with Crippen molar-refractivity contribution < 1.29 is 19.0 Å². The summed E-state index contributed by atoms with van der Waals surface area (Å²) in [4.78, 5) is 32.5. The van der Waals surface area contributed by atoms with Gasteiger partial charge in [0.05, 0.1) is 19.6 Å². The number of esters is 1. The SMILES string of the molecule is COc1ccc(/C=C/C(=O)OCc2nc3scc(-c4ccccc4)c3c(=O)[nH]2)cc1OC. The first-order chi connectivity index (χ1) is 15.6. The van der Waals surface area contributed by atoms with E-state index in [2.05, 4.69) is 9.97 Å². The van der Waals surface area contributed by atoms with Crippen LogP contribution in [0.5, 0.6) is 11.5 Å². The summed E-state index contributed by atoms with van der Waals surface area (Å²) in [5.74, 6) is 0.890. The highest BCUT2D eigenvalue weighted by atomic mass is 32.1. The smallest absolute Gasteiger partial charge is 0.331 e. The van der Waals surface area contributed by atoms with Crippen LogP contribution < -0.4 is 15.0 Å². The van der Waals surface area contributed by atoms with E-state index < -0.39 is 5.97 Å². The lowest BCUT2D eigenvalue weighted by molar-refractivity contribution is -0.139. The van der Waals surface area contributed by atoms with Crippen molar-refractivity contribution in [2.45, 2.75) is 6.61 Å². The number of methoxy groups -OCH3 is 2. The minimum absolute atomic E-state index is 0.140. The average molecular weight is 449 g/mol. The number of ether oxygens (including phenoxy) is 3. The molecule has 0 unspecified atom stereocenters. The van der Waals surface area contributed by atoms with Gasteiger partial charge < -0.3 is 19.2 Å². The molecule has 32 heavy (non-hydrogen) atoms. The van der Waals surface area contributed by atoms with E-state index in [4.69, 9.17) is 14.2 Å². The summed E-state index contributed by atoms with van der Waals surface area (Å²) >= 11 is 1.38. The van der Waals surface area contributed by atoms with Crippen LogP contribution in [0.2, 0.25) is 0 Å². The highest BCUT2D eigenvalue weighted by molar-refractivity contribution is 7.17. The number of rotatable bonds is 7. The van der Waals surface area contributed by atoms with E-state index in [-0.39, 0.29) is 18.0 Å². The third kappa shape index (κ3) is 4.55. The van der Waals surface area contributed by atoms with Crippen molar-refractivity contribution in [1.29, 1.82) is 0 Å². The predicted molar refractivity (Wildman–Crippen MR) is 124 cm³/mol. The van der Waals surface area contributed by atoms with Gasteiger partial charge in [0, 0.05) is 17.0 Å². The highest BCUT2D eigenvalue weighted by Gasteiger charge is 2.13. The summed E-state index contributed by atoms with van der Waals surface area (Å²) in [6.45, 7) is -0.140. The molecule has 0 saturated carbocycles. The van der Waals surface area contributed by atoms with Gasteiger partial charge in [0.15, 0.2) is 11.5 Å². The topological polar surface area (TPSA) is 90.5 Å². The van der Waals surface area contributed by atoms with Crippen LogP contribution in [-0.2, 0) is 16.1 Å². The van der Waals surface area contributed by atoms with Gasteiger partial charge in [-0.05, 0) is 29.3 Å². The van der Waals surface area contributed by atoms with Crippen LogP contribution in [0.15, 0.2) is 64.8 Å². The molecule has 0 aliphatic rings. The lowest BCUT2D eigenvalue weighted by Gasteiger charge is -2.07. The van der Waals surface area contributed by atoms with Crippen LogP contribution in [0.1, 0.15) is 11.4 Å². The summed E-state index contributed by atoms with van der Waals surface area (Å²) in [7, 11) is 3.10. The quantitative estimate of drug-likeness (QED) is 0.332.